The van der Waals surface area contributed by atoms with Crippen molar-refractivity contribution in [3.63, 3.8) is 0 Å². The van der Waals surface area contributed by atoms with Crippen LogP contribution >= 0.6 is 0 Å². The summed E-state index contributed by atoms with van der Waals surface area (Å²) in [5, 5.41) is 12.5. The van der Waals surface area contributed by atoms with Crippen molar-refractivity contribution >= 4 is 21.7 Å². The molecule has 2 aromatic carbocycles. The van der Waals surface area contributed by atoms with E-state index in [1.54, 1.807) is 78.0 Å². The van der Waals surface area contributed by atoms with Gasteiger partial charge in [-0.3, -0.25) is 19.5 Å². The maximum atomic E-state index is 14.3. The third-order valence-corrected chi connectivity index (χ3v) is 10.2. The number of carbonyl (C=O) groups excluding carboxylic acids is 2. The van der Waals surface area contributed by atoms with Crippen LogP contribution in [0, 0.1) is 23.2 Å². The number of hydrogen-bond donors (Lipinski definition) is 1. The molecule has 1 N–H and O–H groups in total. The molecule has 2 aliphatic heterocycles. The maximum absolute atomic E-state index is 14.3. The third-order valence-electron chi connectivity index (χ3n) is 8.36. The van der Waals surface area contributed by atoms with Crippen LogP contribution in [0.1, 0.15) is 27.9 Å². The van der Waals surface area contributed by atoms with E-state index < -0.39 is 15.6 Å². The number of carbonyl (C=O) groups is 2. The lowest BCUT2D eigenvalue weighted by Crippen LogP contribution is -2.49. The minimum Gasteiger partial charge on any atom is -0.357 e. The first kappa shape index (κ1) is 27.6. The Morgan fingerprint density at radius 3 is 2.36 bits per heavy atom. The first-order valence-electron chi connectivity index (χ1n) is 13.7. The summed E-state index contributed by atoms with van der Waals surface area (Å²) in [5.41, 5.74) is 0.677. The molecule has 1 saturated carbocycles. The predicted molar refractivity (Wildman–Crippen MR) is 155 cm³/mol. The summed E-state index contributed by atoms with van der Waals surface area (Å²) in [4.78, 5) is 33.7. The van der Waals surface area contributed by atoms with Crippen LogP contribution in [-0.4, -0.2) is 59.0 Å². The fourth-order valence-electron chi connectivity index (χ4n) is 6.22. The molecule has 10 heteroatoms. The van der Waals surface area contributed by atoms with E-state index in [4.69, 9.17) is 5.26 Å². The number of piperidine rings is 1. The molecule has 3 unspecified atom stereocenters. The number of aromatic nitrogens is 1. The Morgan fingerprint density at radius 1 is 1.07 bits per heavy atom. The zero-order valence-corrected chi connectivity index (χ0v) is 23.6. The number of allylic oxidation sites excluding steroid dienone is 1. The van der Waals surface area contributed by atoms with Crippen molar-refractivity contribution in [2.24, 2.45) is 11.8 Å². The molecule has 2 saturated heterocycles. The van der Waals surface area contributed by atoms with Crippen LogP contribution < -0.4 is 5.32 Å². The summed E-state index contributed by atoms with van der Waals surface area (Å²) in [6.45, 7) is 4.49. The van der Waals surface area contributed by atoms with Gasteiger partial charge >= 0.3 is 0 Å². The highest BCUT2D eigenvalue weighted by atomic mass is 32.2. The molecule has 0 bridgehead atoms. The molecular formula is C32H29N5O4S. The summed E-state index contributed by atoms with van der Waals surface area (Å²) in [6.07, 6.45) is 7.15. The summed E-state index contributed by atoms with van der Waals surface area (Å²) in [5.74, 6) is -0.194. The van der Waals surface area contributed by atoms with E-state index in [2.05, 4.69) is 16.9 Å². The molecular weight excluding hydrogens is 550 g/mol. The molecule has 3 aliphatic rings. The molecule has 3 atom stereocenters. The summed E-state index contributed by atoms with van der Waals surface area (Å²) in [6, 6.07) is 20.2. The molecule has 0 radical (unpaired) electrons. The normalized spacial score (nSPS) is 26.0. The quantitative estimate of drug-likeness (QED) is 0.234. The van der Waals surface area contributed by atoms with Gasteiger partial charge < -0.3 is 5.32 Å². The molecule has 3 fully saturated rings. The van der Waals surface area contributed by atoms with Crippen molar-refractivity contribution in [3.8, 4) is 6.07 Å². The predicted octanol–water partition coefficient (Wildman–Crippen LogP) is 3.29. The number of nitrogens with one attached hydrogen (secondary N) is 1. The van der Waals surface area contributed by atoms with Crippen molar-refractivity contribution in [2.75, 3.05) is 13.1 Å². The molecule has 1 aromatic heterocycles. The van der Waals surface area contributed by atoms with Crippen LogP contribution in [0.25, 0.3) is 0 Å². The van der Waals surface area contributed by atoms with Crippen LogP contribution in [0.2, 0.25) is 0 Å². The monoisotopic (exact) mass is 579 g/mol. The third kappa shape index (κ3) is 4.81. The average Bonchev–Trinajstić information content (AvgIpc) is 3.34. The first-order valence-corrected chi connectivity index (χ1v) is 15.1. The number of rotatable bonds is 9. The number of benzene rings is 2. The van der Waals surface area contributed by atoms with E-state index in [9.17, 15) is 18.0 Å². The highest BCUT2D eigenvalue weighted by Gasteiger charge is 2.65. The van der Waals surface area contributed by atoms with E-state index in [1.165, 1.54) is 10.4 Å². The average molecular weight is 580 g/mol. The first-order chi connectivity index (χ1) is 20.3. The molecule has 1 amide bonds. The standard InChI is InChI=1S/C32H29N5O4S/c1-2-14-32(18-22-12-15-34-16-13-22)31(39)37(29(35-32)17-28(38)24-10-8-23(19-33)9-11-24)30-26-20-36(21-27(26)30)42(40,41)25-6-4-3-5-7-25/h2-13,15-17,26-27,30,35H,1,14,18,20-21H2. The Labute approximate surface area is 244 Å². The lowest BCUT2D eigenvalue weighted by molar-refractivity contribution is -0.132. The molecule has 0 spiro atoms. The van der Waals surface area contributed by atoms with Crippen LogP contribution in [0.4, 0.5) is 0 Å². The van der Waals surface area contributed by atoms with Gasteiger partial charge in [-0.25, -0.2) is 8.42 Å². The second kappa shape index (κ2) is 10.7. The zero-order chi connectivity index (χ0) is 29.5. The van der Waals surface area contributed by atoms with Gasteiger partial charge in [-0.05, 0) is 60.5 Å². The fraction of sp³-hybridized carbons (Fsp3) is 0.250. The minimum atomic E-state index is -3.64. The molecule has 212 valence electrons. The number of fused-ring (bicyclic) bond motifs is 1. The summed E-state index contributed by atoms with van der Waals surface area (Å²) < 4.78 is 28.0. The van der Waals surface area contributed by atoms with Crippen molar-refractivity contribution < 1.29 is 18.0 Å². The van der Waals surface area contributed by atoms with Crippen LogP contribution in [0.5, 0.6) is 0 Å². The number of hydrogen-bond acceptors (Lipinski definition) is 7. The van der Waals surface area contributed by atoms with E-state index in [0.717, 1.165) is 5.56 Å². The topological polar surface area (TPSA) is 123 Å². The van der Waals surface area contributed by atoms with Crippen LogP contribution in [0.3, 0.4) is 0 Å². The number of amides is 1. The van der Waals surface area contributed by atoms with Crippen molar-refractivity contribution in [2.45, 2.75) is 29.3 Å². The van der Waals surface area contributed by atoms with Gasteiger partial charge in [-0.2, -0.15) is 9.57 Å². The Balaban J connectivity index is 1.31. The highest BCUT2D eigenvalue weighted by molar-refractivity contribution is 7.89. The fourth-order valence-corrected chi connectivity index (χ4v) is 7.76. The number of nitrogens with zero attached hydrogens (tertiary/aromatic N) is 4. The number of sulfonamides is 1. The second-order valence-corrected chi connectivity index (χ2v) is 12.9. The largest absolute Gasteiger partial charge is 0.357 e. The Kier molecular flexibility index (Phi) is 7.01. The van der Waals surface area contributed by atoms with Gasteiger partial charge in [0.2, 0.25) is 10.0 Å². The van der Waals surface area contributed by atoms with E-state index >= 15 is 0 Å². The molecule has 6 rings (SSSR count). The van der Waals surface area contributed by atoms with E-state index in [1.807, 2.05) is 18.2 Å². The van der Waals surface area contributed by atoms with Crippen molar-refractivity contribution in [3.05, 3.63) is 120 Å². The summed E-state index contributed by atoms with van der Waals surface area (Å²) >= 11 is 0. The molecule has 9 nitrogen and oxygen atoms in total. The van der Waals surface area contributed by atoms with Crippen molar-refractivity contribution in [1.29, 1.82) is 5.26 Å². The van der Waals surface area contributed by atoms with E-state index in [-0.39, 0.29) is 34.5 Å². The summed E-state index contributed by atoms with van der Waals surface area (Å²) in [7, 11) is -3.64. The van der Waals surface area contributed by atoms with Gasteiger partial charge in [0.05, 0.1) is 16.5 Å². The Morgan fingerprint density at radius 2 is 1.74 bits per heavy atom. The highest BCUT2D eigenvalue weighted by Crippen LogP contribution is 2.53. The number of pyridine rings is 1. The smallest absolute Gasteiger partial charge is 0.254 e. The maximum Gasteiger partial charge on any atom is 0.254 e. The lowest BCUT2D eigenvalue weighted by atomic mass is 9.87. The van der Waals surface area contributed by atoms with Gasteiger partial charge in [-0.1, -0.05) is 24.3 Å². The Bertz CT molecular complexity index is 1710. The Hall–Kier alpha value is -4.59. The molecule has 3 heterocycles. The second-order valence-electron chi connectivity index (χ2n) is 10.9. The number of ketones is 1. The zero-order valence-electron chi connectivity index (χ0n) is 22.8. The molecule has 1 aliphatic carbocycles. The van der Waals surface area contributed by atoms with Crippen molar-refractivity contribution in [1.82, 2.24) is 19.5 Å². The van der Waals surface area contributed by atoms with Crippen LogP contribution in [0.15, 0.2) is 109 Å². The number of nitriles is 1. The van der Waals surface area contributed by atoms with Gasteiger partial charge in [0.25, 0.3) is 5.91 Å². The van der Waals surface area contributed by atoms with E-state index in [0.29, 0.717) is 42.9 Å². The van der Waals surface area contributed by atoms with Gasteiger partial charge in [-0.15, -0.1) is 6.58 Å². The SMILES string of the molecule is C=CCC1(Cc2ccncc2)NC(=CC(=O)c2ccc(C#N)cc2)N(C2C3CN(S(=O)(=O)c4ccccc4)CC32)C1=O. The molecule has 42 heavy (non-hydrogen) atoms. The van der Waals surface area contributed by atoms with Gasteiger partial charge in [0, 0.05) is 61.4 Å². The lowest BCUT2D eigenvalue weighted by Gasteiger charge is -2.27. The van der Waals surface area contributed by atoms with Gasteiger partial charge in [0.1, 0.15) is 11.4 Å². The van der Waals surface area contributed by atoms with Gasteiger partial charge in [0.15, 0.2) is 5.78 Å². The molecule has 3 aromatic rings. The van der Waals surface area contributed by atoms with Crippen LogP contribution in [-0.2, 0) is 21.2 Å². The minimum absolute atomic E-state index is 0.0527.